The predicted molar refractivity (Wildman–Crippen MR) is 71.0 cm³/mol. The van der Waals surface area contributed by atoms with Crippen LogP contribution in [0.15, 0.2) is 24.3 Å². The van der Waals surface area contributed by atoms with Crippen molar-refractivity contribution in [3.8, 4) is 11.4 Å². The predicted octanol–water partition coefficient (Wildman–Crippen LogP) is 3.43. The number of aromatic nitrogens is 3. The molecule has 4 nitrogen and oxygen atoms in total. The zero-order chi connectivity index (χ0) is 15.8. The third-order valence-corrected chi connectivity index (χ3v) is 2.03. The van der Waals surface area contributed by atoms with Crippen molar-refractivity contribution in [3.05, 3.63) is 35.7 Å². The number of nitrogens with zero attached hydrogens (tertiary/aromatic N) is 2. The standard InChI is InChI=1S/C10H8F3N3.C2H6.CH4O/c1-6-3-2-4-7(14-6)8-5-9(16-15-8)10(11,12)13;2*1-2/h2-5H,1H3,(H,15,16);1-2H3;2H,1H3. The van der Waals surface area contributed by atoms with E-state index < -0.39 is 11.9 Å². The van der Waals surface area contributed by atoms with Gasteiger partial charge in [-0.15, -0.1) is 0 Å². The van der Waals surface area contributed by atoms with Crippen molar-refractivity contribution < 1.29 is 18.3 Å². The van der Waals surface area contributed by atoms with Crippen LogP contribution in [0.3, 0.4) is 0 Å². The van der Waals surface area contributed by atoms with E-state index in [9.17, 15) is 13.2 Å². The Morgan fingerprint density at radius 3 is 2.15 bits per heavy atom. The third kappa shape index (κ3) is 5.00. The summed E-state index contributed by atoms with van der Waals surface area (Å²) in [4.78, 5) is 4.09. The van der Waals surface area contributed by atoms with Gasteiger partial charge in [-0.05, 0) is 25.1 Å². The van der Waals surface area contributed by atoms with E-state index in [1.807, 2.05) is 18.9 Å². The molecular formula is C13H18F3N3O. The normalized spacial score (nSPS) is 10.0. The fraction of sp³-hybridized carbons (Fsp3) is 0.385. The molecule has 0 fully saturated rings. The zero-order valence-corrected chi connectivity index (χ0v) is 11.8. The van der Waals surface area contributed by atoms with Crippen molar-refractivity contribution in [2.75, 3.05) is 7.11 Å². The second-order valence-electron chi connectivity index (χ2n) is 3.33. The highest BCUT2D eigenvalue weighted by Gasteiger charge is 2.33. The number of nitrogens with one attached hydrogen (secondary N) is 1. The third-order valence-electron chi connectivity index (χ3n) is 2.03. The molecule has 7 heteroatoms. The highest BCUT2D eigenvalue weighted by molar-refractivity contribution is 5.54. The first-order valence-electron chi connectivity index (χ1n) is 5.98. The monoisotopic (exact) mass is 289 g/mol. The number of aliphatic hydroxyl groups excluding tert-OH is 1. The van der Waals surface area contributed by atoms with E-state index in [2.05, 4.69) is 10.1 Å². The largest absolute Gasteiger partial charge is 0.432 e. The van der Waals surface area contributed by atoms with E-state index in [1.165, 1.54) is 0 Å². The SMILES string of the molecule is CC.CO.Cc1cccc(-c2cc(C(F)(F)F)[nH]n2)n1. The van der Waals surface area contributed by atoms with Gasteiger partial charge in [-0.25, -0.2) is 0 Å². The molecule has 0 saturated heterocycles. The van der Waals surface area contributed by atoms with Crippen LogP contribution < -0.4 is 0 Å². The molecule has 0 aromatic carbocycles. The van der Waals surface area contributed by atoms with Gasteiger partial charge in [0.2, 0.25) is 0 Å². The Bertz CT molecular complexity index is 510. The van der Waals surface area contributed by atoms with Gasteiger partial charge in [0.25, 0.3) is 0 Å². The van der Waals surface area contributed by atoms with Gasteiger partial charge >= 0.3 is 6.18 Å². The molecule has 2 aromatic heterocycles. The van der Waals surface area contributed by atoms with Crippen LogP contribution in [0.1, 0.15) is 25.2 Å². The summed E-state index contributed by atoms with van der Waals surface area (Å²) in [6.07, 6.45) is -4.41. The maximum Gasteiger partial charge on any atom is 0.432 e. The molecular weight excluding hydrogens is 271 g/mol. The molecule has 0 unspecified atom stereocenters. The maximum atomic E-state index is 12.3. The van der Waals surface area contributed by atoms with Crippen LogP contribution in [-0.2, 0) is 6.18 Å². The number of H-pyrrole nitrogens is 1. The average molecular weight is 289 g/mol. The fourth-order valence-electron chi connectivity index (χ4n) is 1.28. The Labute approximate surface area is 115 Å². The molecule has 2 heterocycles. The average Bonchev–Trinajstić information content (AvgIpc) is 2.93. The zero-order valence-electron chi connectivity index (χ0n) is 11.8. The first-order valence-corrected chi connectivity index (χ1v) is 5.98. The van der Waals surface area contributed by atoms with E-state index >= 15 is 0 Å². The second-order valence-corrected chi connectivity index (χ2v) is 3.33. The minimum atomic E-state index is -4.41. The highest BCUT2D eigenvalue weighted by atomic mass is 19.4. The first-order chi connectivity index (χ1) is 9.47. The van der Waals surface area contributed by atoms with Gasteiger partial charge < -0.3 is 5.11 Å². The number of alkyl halides is 3. The summed E-state index contributed by atoms with van der Waals surface area (Å²) in [5.74, 6) is 0. The molecule has 0 aliphatic rings. The van der Waals surface area contributed by atoms with Crippen LogP contribution >= 0.6 is 0 Å². The van der Waals surface area contributed by atoms with Crippen LogP contribution in [-0.4, -0.2) is 27.4 Å². The number of aryl methyl sites for hydroxylation is 1. The number of halogens is 3. The van der Waals surface area contributed by atoms with Crippen LogP contribution in [0.5, 0.6) is 0 Å². The Balaban J connectivity index is 0.000000829. The molecule has 20 heavy (non-hydrogen) atoms. The molecule has 0 spiro atoms. The van der Waals surface area contributed by atoms with E-state index in [0.717, 1.165) is 18.9 Å². The molecule has 0 aliphatic heterocycles. The number of hydrogen-bond acceptors (Lipinski definition) is 3. The maximum absolute atomic E-state index is 12.3. The molecule has 2 N–H and O–H groups in total. The first kappa shape index (κ1) is 18.1. The van der Waals surface area contributed by atoms with Crippen molar-refractivity contribution >= 4 is 0 Å². The number of hydrogen-bond donors (Lipinski definition) is 2. The van der Waals surface area contributed by atoms with Gasteiger partial charge in [0.05, 0.1) is 5.69 Å². The van der Waals surface area contributed by atoms with E-state index in [4.69, 9.17) is 5.11 Å². The summed E-state index contributed by atoms with van der Waals surface area (Å²) < 4.78 is 36.9. The lowest BCUT2D eigenvalue weighted by atomic mass is 10.2. The molecule has 2 rings (SSSR count). The molecule has 0 saturated carbocycles. The Kier molecular flexibility index (Phi) is 7.53. The lowest BCUT2D eigenvalue weighted by molar-refractivity contribution is -0.141. The van der Waals surface area contributed by atoms with Gasteiger partial charge in [0.15, 0.2) is 0 Å². The Hall–Kier alpha value is -1.89. The van der Waals surface area contributed by atoms with Crippen molar-refractivity contribution in [1.82, 2.24) is 15.2 Å². The van der Waals surface area contributed by atoms with Crippen LogP contribution in [0.2, 0.25) is 0 Å². The molecule has 0 aliphatic carbocycles. The van der Waals surface area contributed by atoms with Gasteiger partial charge in [-0.2, -0.15) is 18.3 Å². The van der Waals surface area contributed by atoms with E-state index in [0.29, 0.717) is 5.69 Å². The van der Waals surface area contributed by atoms with Crippen molar-refractivity contribution in [1.29, 1.82) is 0 Å². The quantitative estimate of drug-likeness (QED) is 0.845. The van der Waals surface area contributed by atoms with E-state index in [-0.39, 0.29) is 5.69 Å². The summed E-state index contributed by atoms with van der Waals surface area (Å²) in [6, 6.07) is 6.05. The molecule has 112 valence electrons. The molecule has 2 aromatic rings. The summed E-state index contributed by atoms with van der Waals surface area (Å²) in [7, 11) is 1.00. The highest BCUT2D eigenvalue weighted by Crippen LogP contribution is 2.29. The summed E-state index contributed by atoms with van der Waals surface area (Å²) in [5, 5.41) is 12.5. The summed E-state index contributed by atoms with van der Waals surface area (Å²) in [6.45, 7) is 5.76. The number of rotatable bonds is 1. The van der Waals surface area contributed by atoms with Crippen LogP contribution in [0.4, 0.5) is 13.2 Å². The second kappa shape index (κ2) is 8.31. The smallest absolute Gasteiger partial charge is 0.400 e. The number of aliphatic hydroxyl groups is 1. The number of pyridine rings is 1. The minimum Gasteiger partial charge on any atom is -0.400 e. The summed E-state index contributed by atoms with van der Waals surface area (Å²) in [5.41, 5.74) is 0.475. The Morgan fingerprint density at radius 2 is 1.70 bits per heavy atom. The molecule has 0 amide bonds. The fourth-order valence-corrected chi connectivity index (χ4v) is 1.28. The van der Waals surface area contributed by atoms with E-state index in [1.54, 1.807) is 25.1 Å². The molecule has 0 atom stereocenters. The van der Waals surface area contributed by atoms with Crippen molar-refractivity contribution in [3.63, 3.8) is 0 Å². The van der Waals surface area contributed by atoms with Crippen LogP contribution in [0.25, 0.3) is 11.4 Å². The van der Waals surface area contributed by atoms with Gasteiger partial charge in [-0.1, -0.05) is 19.9 Å². The van der Waals surface area contributed by atoms with Gasteiger partial charge in [0.1, 0.15) is 11.4 Å². The van der Waals surface area contributed by atoms with Crippen LogP contribution in [0, 0.1) is 6.92 Å². The molecule has 0 bridgehead atoms. The lowest BCUT2D eigenvalue weighted by Crippen LogP contribution is -2.04. The number of aromatic amines is 1. The van der Waals surface area contributed by atoms with Crippen molar-refractivity contribution in [2.45, 2.75) is 26.9 Å². The molecule has 0 radical (unpaired) electrons. The Morgan fingerprint density at radius 1 is 1.10 bits per heavy atom. The lowest BCUT2D eigenvalue weighted by Gasteiger charge is -2.00. The van der Waals surface area contributed by atoms with Gasteiger partial charge in [0, 0.05) is 12.8 Å². The minimum absolute atomic E-state index is 0.191. The topological polar surface area (TPSA) is 61.8 Å². The van der Waals surface area contributed by atoms with Gasteiger partial charge in [-0.3, -0.25) is 10.1 Å². The van der Waals surface area contributed by atoms with Crippen molar-refractivity contribution in [2.24, 2.45) is 0 Å². The summed E-state index contributed by atoms with van der Waals surface area (Å²) >= 11 is 0.